The van der Waals surface area contributed by atoms with Gasteiger partial charge in [-0.1, -0.05) is 0 Å². The Labute approximate surface area is 199 Å². The van der Waals surface area contributed by atoms with Crippen LogP contribution in [0.15, 0.2) is 35.3 Å². The Balaban J connectivity index is 1.59. The van der Waals surface area contributed by atoms with Crippen LogP contribution in [0.5, 0.6) is 0 Å². The van der Waals surface area contributed by atoms with Gasteiger partial charge in [-0.15, -0.1) is 0 Å². The number of morpholine rings is 1. The zero-order valence-corrected chi connectivity index (χ0v) is 19.7. The maximum absolute atomic E-state index is 13.8. The molecule has 3 heterocycles. The molecular formula is C24H26F3N5O3. The van der Waals surface area contributed by atoms with Crippen LogP contribution in [0, 0.1) is 6.92 Å². The largest absolute Gasteiger partial charge is 0.416 e. The third kappa shape index (κ3) is 5.29. The first-order chi connectivity index (χ1) is 16.4. The van der Waals surface area contributed by atoms with Crippen molar-refractivity contribution in [2.24, 2.45) is 0 Å². The minimum absolute atomic E-state index is 0.0257. The van der Waals surface area contributed by atoms with Crippen molar-refractivity contribution in [3.63, 3.8) is 0 Å². The number of hydrogen-bond donors (Lipinski definition) is 2. The second-order valence-electron chi connectivity index (χ2n) is 8.87. The van der Waals surface area contributed by atoms with Gasteiger partial charge >= 0.3 is 6.18 Å². The summed E-state index contributed by atoms with van der Waals surface area (Å²) in [6.45, 7) is 7.78. The molecule has 3 atom stereocenters. The fourth-order valence-corrected chi connectivity index (χ4v) is 4.35. The van der Waals surface area contributed by atoms with Gasteiger partial charge in [0.05, 0.1) is 40.3 Å². The average Bonchev–Trinajstić information content (AvgIpc) is 2.77. The number of carbonyl (C=O) groups is 1. The number of pyridine rings is 1. The van der Waals surface area contributed by atoms with E-state index in [0.717, 1.165) is 6.07 Å². The molecule has 1 saturated heterocycles. The van der Waals surface area contributed by atoms with Gasteiger partial charge in [0.25, 0.3) is 11.5 Å². The molecule has 1 aliphatic heterocycles. The minimum Gasteiger partial charge on any atom is -0.372 e. The van der Waals surface area contributed by atoms with E-state index >= 15 is 0 Å². The molecular weight excluding hydrogens is 463 g/mol. The van der Waals surface area contributed by atoms with E-state index in [1.807, 2.05) is 13.8 Å². The highest BCUT2D eigenvalue weighted by molar-refractivity contribution is 5.94. The first-order valence-corrected chi connectivity index (χ1v) is 11.2. The SMILES string of the molecule is Cc1nc2cc(C(F)(F)F)c(C(C)Nc3ccc(C(=O)N4C[C@@H](C)O[C@@H](C)C4)cn3)cc2c(=O)[nH]1. The summed E-state index contributed by atoms with van der Waals surface area (Å²) < 4.78 is 47.2. The fourth-order valence-electron chi connectivity index (χ4n) is 4.35. The molecule has 8 nitrogen and oxygen atoms in total. The number of fused-ring (bicyclic) bond motifs is 1. The van der Waals surface area contributed by atoms with Crippen molar-refractivity contribution in [1.82, 2.24) is 19.9 Å². The van der Waals surface area contributed by atoms with Gasteiger partial charge in [0.15, 0.2) is 0 Å². The molecule has 2 N–H and O–H groups in total. The maximum atomic E-state index is 13.8. The molecule has 35 heavy (non-hydrogen) atoms. The van der Waals surface area contributed by atoms with E-state index in [2.05, 4.69) is 20.3 Å². The zero-order chi connectivity index (χ0) is 25.5. The second-order valence-corrected chi connectivity index (χ2v) is 8.87. The van der Waals surface area contributed by atoms with Crippen LogP contribution in [0.2, 0.25) is 0 Å². The Morgan fingerprint density at radius 1 is 1.23 bits per heavy atom. The molecule has 2 aromatic heterocycles. The average molecular weight is 489 g/mol. The summed E-state index contributed by atoms with van der Waals surface area (Å²) >= 11 is 0. The van der Waals surface area contributed by atoms with Gasteiger partial charge in [0.2, 0.25) is 0 Å². The van der Waals surface area contributed by atoms with Crippen LogP contribution >= 0.6 is 0 Å². The van der Waals surface area contributed by atoms with E-state index < -0.39 is 23.3 Å². The molecule has 0 bridgehead atoms. The number of anilines is 1. The fraction of sp³-hybridized carbons (Fsp3) is 0.417. The van der Waals surface area contributed by atoms with Crippen molar-refractivity contribution >= 4 is 22.6 Å². The van der Waals surface area contributed by atoms with Crippen LogP contribution in [-0.2, 0) is 10.9 Å². The van der Waals surface area contributed by atoms with Crippen molar-refractivity contribution in [2.45, 2.75) is 52.1 Å². The van der Waals surface area contributed by atoms with Crippen LogP contribution in [0.25, 0.3) is 10.9 Å². The van der Waals surface area contributed by atoms with E-state index in [4.69, 9.17) is 4.74 Å². The van der Waals surface area contributed by atoms with Gasteiger partial charge in [-0.25, -0.2) is 9.97 Å². The third-order valence-electron chi connectivity index (χ3n) is 5.85. The number of aromatic nitrogens is 3. The lowest BCUT2D eigenvalue weighted by Gasteiger charge is -2.35. The smallest absolute Gasteiger partial charge is 0.372 e. The molecule has 186 valence electrons. The van der Waals surface area contributed by atoms with Crippen molar-refractivity contribution in [3.05, 3.63) is 63.3 Å². The van der Waals surface area contributed by atoms with Crippen molar-refractivity contribution in [1.29, 1.82) is 0 Å². The highest BCUT2D eigenvalue weighted by Crippen LogP contribution is 2.37. The molecule has 3 aromatic rings. The molecule has 1 unspecified atom stereocenters. The number of aryl methyl sites for hydroxylation is 1. The Kier molecular flexibility index (Phi) is 6.54. The van der Waals surface area contributed by atoms with Crippen molar-refractivity contribution in [3.8, 4) is 0 Å². The lowest BCUT2D eigenvalue weighted by Crippen LogP contribution is -2.48. The summed E-state index contributed by atoms with van der Waals surface area (Å²) in [6, 6.07) is 4.39. The topological polar surface area (TPSA) is 100 Å². The summed E-state index contributed by atoms with van der Waals surface area (Å²) in [4.78, 5) is 37.6. The molecule has 11 heteroatoms. The second kappa shape index (κ2) is 9.29. The minimum atomic E-state index is -4.65. The van der Waals surface area contributed by atoms with E-state index in [1.54, 1.807) is 24.0 Å². The highest BCUT2D eigenvalue weighted by Gasteiger charge is 2.35. The van der Waals surface area contributed by atoms with Crippen LogP contribution in [0.3, 0.4) is 0 Å². The predicted octanol–water partition coefficient (Wildman–Crippen LogP) is 4.07. The molecule has 4 rings (SSSR count). The first kappa shape index (κ1) is 24.6. The first-order valence-electron chi connectivity index (χ1n) is 11.2. The number of amides is 1. The molecule has 1 fully saturated rings. The third-order valence-corrected chi connectivity index (χ3v) is 5.85. The van der Waals surface area contributed by atoms with E-state index in [0.29, 0.717) is 24.5 Å². The quantitative estimate of drug-likeness (QED) is 0.573. The summed E-state index contributed by atoms with van der Waals surface area (Å²) in [5.41, 5.74) is -1.16. The Morgan fingerprint density at radius 2 is 1.91 bits per heavy atom. The number of rotatable bonds is 4. The van der Waals surface area contributed by atoms with Crippen molar-refractivity contribution < 1.29 is 22.7 Å². The Hall–Kier alpha value is -3.47. The predicted molar refractivity (Wildman–Crippen MR) is 124 cm³/mol. The lowest BCUT2D eigenvalue weighted by atomic mass is 9.98. The van der Waals surface area contributed by atoms with Crippen LogP contribution in [0.4, 0.5) is 19.0 Å². The van der Waals surface area contributed by atoms with Crippen LogP contribution in [0.1, 0.15) is 54.1 Å². The Bertz CT molecular complexity index is 1300. The molecule has 1 aromatic carbocycles. The van der Waals surface area contributed by atoms with E-state index in [-0.39, 0.29) is 40.4 Å². The molecule has 0 aliphatic carbocycles. The van der Waals surface area contributed by atoms with Gasteiger partial charge in [0.1, 0.15) is 11.6 Å². The maximum Gasteiger partial charge on any atom is 0.416 e. The number of ether oxygens (including phenoxy) is 1. The van der Waals surface area contributed by atoms with Crippen LogP contribution in [-0.4, -0.2) is 51.1 Å². The molecule has 0 spiro atoms. The summed E-state index contributed by atoms with van der Waals surface area (Å²) in [7, 11) is 0. The summed E-state index contributed by atoms with van der Waals surface area (Å²) in [5, 5.41) is 3.00. The number of alkyl halides is 3. The normalized spacial score (nSPS) is 19.6. The number of H-pyrrole nitrogens is 1. The summed E-state index contributed by atoms with van der Waals surface area (Å²) in [5.74, 6) is 0.339. The number of nitrogens with one attached hydrogen (secondary N) is 2. The van der Waals surface area contributed by atoms with Gasteiger partial charge in [0, 0.05) is 19.3 Å². The van der Waals surface area contributed by atoms with E-state index in [9.17, 15) is 22.8 Å². The number of halogens is 3. The monoisotopic (exact) mass is 489 g/mol. The number of nitrogens with zero attached hydrogens (tertiary/aromatic N) is 3. The summed E-state index contributed by atoms with van der Waals surface area (Å²) in [6.07, 6.45) is -3.40. The van der Waals surface area contributed by atoms with Gasteiger partial charge in [-0.2, -0.15) is 13.2 Å². The van der Waals surface area contributed by atoms with Gasteiger partial charge < -0.3 is 19.9 Å². The highest BCUT2D eigenvalue weighted by atomic mass is 19.4. The standard InChI is InChI=1S/C24H26F3N5O3/c1-12-10-32(11-13(2)35-12)23(34)16-5-6-21(28-9-16)29-14(3)17-7-18-20(8-19(17)24(25,26)27)30-15(4)31-22(18)33/h5-9,12-14H,10-11H2,1-4H3,(H,28,29)(H,30,31,33)/t12-,13+,14?. The zero-order valence-electron chi connectivity index (χ0n) is 19.7. The molecule has 1 amide bonds. The van der Waals surface area contributed by atoms with E-state index in [1.165, 1.54) is 19.2 Å². The molecule has 0 saturated carbocycles. The van der Waals surface area contributed by atoms with Gasteiger partial charge in [-0.05, 0) is 57.5 Å². The number of carbonyl (C=O) groups excluding carboxylic acids is 1. The number of hydrogen-bond acceptors (Lipinski definition) is 6. The molecule has 1 aliphatic rings. The lowest BCUT2D eigenvalue weighted by molar-refractivity contribution is -0.138. The van der Waals surface area contributed by atoms with Crippen LogP contribution < -0.4 is 10.9 Å². The molecule has 0 radical (unpaired) electrons. The van der Waals surface area contributed by atoms with Crippen molar-refractivity contribution in [2.75, 3.05) is 18.4 Å². The Morgan fingerprint density at radius 3 is 2.51 bits per heavy atom. The number of aromatic amines is 1. The van der Waals surface area contributed by atoms with Gasteiger partial charge in [-0.3, -0.25) is 9.59 Å². The number of benzene rings is 1.